The molecule has 0 saturated heterocycles. The molecule has 4 N–H and O–H groups in total. The van der Waals surface area contributed by atoms with Crippen LogP contribution in [0.2, 0.25) is 0 Å². The van der Waals surface area contributed by atoms with Crippen molar-refractivity contribution in [3.05, 3.63) is 11.6 Å². The molecule has 0 rings (SSSR count). The van der Waals surface area contributed by atoms with E-state index in [1.54, 1.807) is 0 Å². The van der Waals surface area contributed by atoms with Crippen molar-refractivity contribution in [3.8, 4) is 0 Å². The predicted molar refractivity (Wildman–Crippen MR) is 179 cm³/mol. The summed E-state index contributed by atoms with van der Waals surface area (Å²) in [5, 5.41) is 37.8. The Morgan fingerprint density at radius 3 is 0.976 bits per heavy atom. The van der Waals surface area contributed by atoms with Gasteiger partial charge in [0, 0.05) is 0 Å². The summed E-state index contributed by atoms with van der Waals surface area (Å²) in [6.07, 6.45) is 39.7. The summed E-state index contributed by atoms with van der Waals surface area (Å²) in [5.74, 6) is -3.76. The molecule has 0 aliphatic heterocycles. The Hall–Kier alpha value is -0.910. The van der Waals surface area contributed by atoms with Gasteiger partial charge in [0.15, 0.2) is 5.79 Å². The standard InChI is InChI=1S/C37H72O5/c1-3-4-5-6-7-8-9-10-11-12-13-14-15-16-17-18-19-20-21-22-23-24-25-26-27-28-29-30-31-32-33-34(36(39)40)35(38)37(2,41)42/h33,35,38,41-42H,3-32H2,1-2H3,(H,39,40)/b34-33+/t35-/m1/s1. The van der Waals surface area contributed by atoms with Gasteiger partial charge in [-0.1, -0.05) is 193 Å². The number of hydrogen-bond donors (Lipinski definition) is 4. The third-order valence-corrected chi connectivity index (χ3v) is 8.73. The van der Waals surface area contributed by atoms with E-state index in [0.29, 0.717) is 6.42 Å². The number of unbranched alkanes of at least 4 members (excludes halogenated alkanes) is 29. The van der Waals surface area contributed by atoms with Gasteiger partial charge in [0.1, 0.15) is 6.10 Å². The van der Waals surface area contributed by atoms with E-state index in [0.717, 1.165) is 26.2 Å². The van der Waals surface area contributed by atoms with Gasteiger partial charge in [0.2, 0.25) is 0 Å². The molecule has 250 valence electrons. The molecule has 5 nitrogen and oxygen atoms in total. The minimum atomic E-state index is -2.45. The Bertz CT molecular complexity index is 610. The second kappa shape index (κ2) is 30.1. The summed E-state index contributed by atoms with van der Waals surface area (Å²) in [7, 11) is 0. The second-order valence-electron chi connectivity index (χ2n) is 13.1. The van der Waals surface area contributed by atoms with Gasteiger partial charge in [-0.15, -0.1) is 0 Å². The van der Waals surface area contributed by atoms with Crippen LogP contribution >= 0.6 is 0 Å². The molecule has 0 aliphatic rings. The van der Waals surface area contributed by atoms with Crippen molar-refractivity contribution in [1.82, 2.24) is 0 Å². The fourth-order valence-electron chi connectivity index (χ4n) is 5.86. The minimum absolute atomic E-state index is 0.345. The minimum Gasteiger partial charge on any atom is -0.478 e. The van der Waals surface area contributed by atoms with Gasteiger partial charge in [-0.05, 0) is 19.8 Å². The molecule has 0 aromatic rings. The Labute approximate surface area is 261 Å². The molecule has 42 heavy (non-hydrogen) atoms. The highest BCUT2D eigenvalue weighted by Crippen LogP contribution is 2.18. The third kappa shape index (κ3) is 27.9. The van der Waals surface area contributed by atoms with Crippen LogP contribution < -0.4 is 0 Å². The van der Waals surface area contributed by atoms with Crippen LogP contribution in [-0.2, 0) is 4.79 Å². The molecular formula is C37H72O5. The van der Waals surface area contributed by atoms with Crippen molar-refractivity contribution < 1.29 is 25.2 Å². The Balaban J connectivity index is 3.29. The first-order valence-electron chi connectivity index (χ1n) is 18.4. The molecule has 1 atom stereocenters. The van der Waals surface area contributed by atoms with E-state index in [9.17, 15) is 20.1 Å². The summed E-state index contributed by atoms with van der Waals surface area (Å²) in [6, 6.07) is 0. The SMILES string of the molecule is CCCCCCCCCCCCCCCCCCCCCCCCCCCCCCC/C=C(/C(=O)O)[C@@H](O)C(C)(O)O. The molecular weight excluding hydrogens is 524 g/mol. The summed E-state index contributed by atoms with van der Waals surface area (Å²) < 4.78 is 0. The van der Waals surface area contributed by atoms with Crippen molar-refractivity contribution >= 4 is 5.97 Å². The maximum Gasteiger partial charge on any atom is 0.334 e. The van der Waals surface area contributed by atoms with E-state index in [1.165, 1.54) is 173 Å². The first kappa shape index (κ1) is 41.1. The van der Waals surface area contributed by atoms with Gasteiger partial charge in [-0.25, -0.2) is 4.79 Å². The lowest BCUT2D eigenvalue weighted by Crippen LogP contribution is -2.42. The number of hydrogen-bond acceptors (Lipinski definition) is 4. The van der Waals surface area contributed by atoms with E-state index in [1.807, 2.05) is 0 Å². The molecule has 0 aliphatic carbocycles. The van der Waals surface area contributed by atoms with E-state index >= 15 is 0 Å². The van der Waals surface area contributed by atoms with Crippen LogP contribution in [0.3, 0.4) is 0 Å². The van der Waals surface area contributed by atoms with E-state index < -0.39 is 17.9 Å². The molecule has 5 heteroatoms. The van der Waals surface area contributed by atoms with Crippen LogP contribution in [0, 0.1) is 0 Å². The normalized spacial score (nSPS) is 13.1. The average Bonchev–Trinajstić information content (AvgIpc) is 2.95. The Kier molecular flexibility index (Phi) is 29.5. The van der Waals surface area contributed by atoms with E-state index in [-0.39, 0.29) is 5.57 Å². The molecule has 0 aromatic heterocycles. The van der Waals surface area contributed by atoms with Crippen LogP contribution in [0.1, 0.15) is 206 Å². The lowest BCUT2D eigenvalue weighted by Gasteiger charge is -2.23. The van der Waals surface area contributed by atoms with Gasteiger partial charge in [-0.3, -0.25) is 0 Å². The lowest BCUT2D eigenvalue weighted by molar-refractivity contribution is -0.202. The van der Waals surface area contributed by atoms with E-state index in [2.05, 4.69) is 6.92 Å². The molecule has 0 amide bonds. The number of aliphatic hydroxyl groups excluding tert-OH is 1. The van der Waals surface area contributed by atoms with Crippen molar-refractivity contribution in [1.29, 1.82) is 0 Å². The van der Waals surface area contributed by atoms with Crippen LogP contribution in [0.4, 0.5) is 0 Å². The number of rotatable bonds is 33. The highest BCUT2D eigenvalue weighted by atomic mass is 16.5. The van der Waals surface area contributed by atoms with Crippen LogP contribution in [0.15, 0.2) is 11.6 Å². The first-order valence-corrected chi connectivity index (χ1v) is 18.4. The Morgan fingerprint density at radius 2 is 0.762 bits per heavy atom. The number of carbonyl (C=O) groups is 1. The molecule has 0 fully saturated rings. The summed E-state index contributed by atoms with van der Waals surface area (Å²) in [6.45, 7) is 3.28. The molecule has 0 bridgehead atoms. The van der Waals surface area contributed by atoms with Gasteiger partial charge < -0.3 is 20.4 Å². The third-order valence-electron chi connectivity index (χ3n) is 8.73. The molecule has 0 radical (unpaired) electrons. The first-order chi connectivity index (χ1) is 20.3. The van der Waals surface area contributed by atoms with Crippen molar-refractivity contribution in [3.63, 3.8) is 0 Å². The molecule has 0 heterocycles. The predicted octanol–water partition coefficient (Wildman–Crippen LogP) is 10.8. The largest absolute Gasteiger partial charge is 0.478 e. The van der Waals surface area contributed by atoms with Crippen LogP contribution in [0.25, 0.3) is 0 Å². The number of allylic oxidation sites excluding steroid dienone is 1. The Morgan fingerprint density at radius 1 is 0.524 bits per heavy atom. The topological polar surface area (TPSA) is 98.0 Å². The fourth-order valence-corrected chi connectivity index (χ4v) is 5.86. The fraction of sp³-hybridized carbons (Fsp3) is 0.919. The van der Waals surface area contributed by atoms with Crippen LogP contribution in [0.5, 0.6) is 0 Å². The van der Waals surface area contributed by atoms with Gasteiger partial charge in [0.05, 0.1) is 5.57 Å². The molecule has 0 unspecified atom stereocenters. The number of carboxylic acids is 1. The quantitative estimate of drug-likeness (QED) is 0.0343. The summed E-state index contributed by atoms with van der Waals surface area (Å²) in [4.78, 5) is 11.2. The number of aliphatic hydroxyl groups is 3. The zero-order valence-electron chi connectivity index (χ0n) is 28.1. The zero-order valence-corrected chi connectivity index (χ0v) is 28.1. The average molecular weight is 597 g/mol. The van der Waals surface area contributed by atoms with Crippen molar-refractivity contribution in [2.75, 3.05) is 0 Å². The summed E-state index contributed by atoms with van der Waals surface area (Å²) >= 11 is 0. The van der Waals surface area contributed by atoms with Crippen molar-refractivity contribution in [2.24, 2.45) is 0 Å². The smallest absolute Gasteiger partial charge is 0.334 e. The van der Waals surface area contributed by atoms with Crippen LogP contribution in [-0.4, -0.2) is 38.3 Å². The molecule has 0 spiro atoms. The highest BCUT2D eigenvalue weighted by molar-refractivity contribution is 5.87. The lowest BCUT2D eigenvalue weighted by atomic mass is 10.00. The van der Waals surface area contributed by atoms with Gasteiger partial charge >= 0.3 is 5.97 Å². The maximum atomic E-state index is 11.2. The van der Waals surface area contributed by atoms with Gasteiger partial charge in [-0.2, -0.15) is 0 Å². The number of carboxylic acid groups (broad SMARTS) is 1. The maximum absolute atomic E-state index is 11.2. The molecule has 0 aromatic carbocycles. The van der Waals surface area contributed by atoms with Gasteiger partial charge in [0.25, 0.3) is 0 Å². The zero-order chi connectivity index (χ0) is 31.2. The number of aliphatic carboxylic acids is 1. The van der Waals surface area contributed by atoms with E-state index in [4.69, 9.17) is 5.11 Å². The second-order valence-corrected chi connectivity index (χ2v) is 13.1. The monoisotopic (exact) mass is 597 g/mol. The van der Waals surface area contributed by atoms with Crippen molar-refractivity contribution in [2.45, 2.75) is 218 Å². The molecule has 0 saturated carbocycles. The summed E-state index contributed by atoms with van der Waals surface area (Å²) in [5.41, 5.74) is -0.345. The highest BCUT2D eigenvalue weighted by Gasteiger charge is 2.33.